The SMILES string of the molecule is CCCOc1ccc(C2C(C(C)=O)=C(C)Nc3nc4ccccc4n32)cc1OCC. The van der Waals surface area contributed by atoms with Gasteiger partial charge in [0, 0.05) is 11.3 Å². The molecule has 6 nitrogen and oxygen atoms in total. The number of hydrogen-bond acceptors (Lipinski definition) is 5. The fourth-order valence-corrected chi connectivity index (χ4v) is 4.03. The molecule has 6 heteroatoms. The summed E-state index contributed by atoms with van der Waals surface area (Å²) in [6, 6.07) is 13.6. The largest absolute Gasteiger partial charge is 0.490 e. The zero-order valence-corrected chi connectivity index (χ0v) is 17.9. The Labute approximate surface area is 176 Å². The van der Waals surface area contributed by atoms with Crippen LogP contribution in [0.2, 0.25) is 0 Å². The number of allylic oxidation sites excluding steroid dienone is 2. The second-order valence-electron chi connectivity index (χ2n) is 7.40. The molecule has 1 aliphatic heterocycles. The highest BCUT2D eigenvalue weighted by molar-refractivity contribution is 5.97. The average Bonchev–Trinajstić information content (AvgIpc) is 3.09. The van der Waals surface area contributed by atoms with Crippen LogP contribution in [0.4, 0.5) is 5.95 Å². The first-order valence-corrected chi connectivity index (χ1v) is 10.4. The average molecular weight is 405 g/mol. The number of benzene rings is 2. The first-order valence-electron chi connectivity index (χ1n) is 10.4. The quantitative estimate of drug-likeness (QED) is 0.592. The third-order valence-corrected chi connectivity index (χ3v) is 5.26. The van der Waals surface area contributed by atoms with Crippen LogP contribution in [0.1, 0.15) is 45.7 Å². The van der Waals surface area contributed by atoms with Gasteiger partial charge in [-0.3, -0.25) is 9.36 Å². The molecule has 0 saturated heterocycles. The monoisotopic (exact) mass is 405 g/mol. The number of fused-ring (bicyclic) bond motifs is 3. The van der Waals surface area contributed by atoms with E-state index >= 15 is 0 Å². The number of ether oxygens (including phenoxy) is 2. The minimum atomic E-state index is -0.300. The van der Waals surface area contributed by atoms with E-state index in [2.05, 4.69) is 16.8 Å². The number of rotatable bonds is 7. The second-order valence-corrected chi connectivity index (χ2v) is 7.40. The fourth-order valence-electron chi connectivity index (χ4n) is 4.03. The van der Waals surface area contributed by atoms with E-state index in [1.54, 1.807) is 6.92 Å². The molecule has 0 spiro atoms. The van der Waals surface area contributed by atoms with Crippen LogP contribution < -0.4 is 14.8 Å². The van der Waals surface area contributed by atoms with Gasteiger partial charge in [0.1, 0.15) is 0 Å². The molecule has 4 rings (SSSR count). The predicted molar refractivity (Wildman–Crippen MR) is 118 cm³/mol. The van der Waals surface area contributed by atoms with Gasteiger partial charge in [-0.15, -0.1) is 0 Å². The van der Waals surface area contributed by atoms with Crippen molar-refractivity contribution in [1.82, 2.24) is 9.55 Å². The first kappa shape index (κ1) is 20.0. The van der Waals surface area contributed by atoms with Crippen LogP contribution in [0.3, 0.4) is 0 Å². The zero-order chi connectivity index (χ0) is 21.3. The molecule has 2 aromatic carbocycles. The van der Waals surface area contributed by atoms with E-state index in [1.165, 1.54) is 0 Å². The Morgan fingerprint density at radius 1 is 1.13 bits per heavy atom. The molecule has 0 radical (unpaired) electrons. The maximum Gasteiger partial charge on any atom is 0.209 e. The molecule has 0 saturated carbocycles. The number of hydrogen-bond donors (Lipinski definition) is 1. The molecule has 1 unspecified atom stereocenters. The van der Waals surface area contributed by atoms with Crippen LogP contribution in [0.5, 0.6) is 11.5 Å². The molecular formula is C24H27N3O3. The molecule has 30 heavy (non-hydrogen) atoms. The van der Waals surface area contributed by atoms with Crippen molar-refractivity contribution in [1.29, 1.82) is 0 Å². The number of para-hydroxylation sites is 2. The number of Topliss-reactive ketones (excluding diaryl/α,β-unsaturated/α-hetero) is 1. The van der Waals surface area contributed by atoms with Crippen molar-refractivity contribution in [3.05, 3.63) is 59.3 Å². The Morgan fingerprint density at radius 3 is 2.67 bits per heavy atom. The molecule has 1 N–H and O–H groups in total. The van der Waals surface area contributed by atoms with E-state index in [0.29, 0.717) is 19.0 Å². The minimum Gasteiger partial charge on any atom is -0.490 e. The summed E-state index contributed by atoms with van der Waals surface area (Å²) in [6.07, 6.45) is 0.919. The van der Waals surface area contributed by atoms with Gasteiger partial charge in [0.2, 0.25) is 5.95 Å². The van der Waals surface area contributed by atoms with Gasteiger partial charge in [-0.2, -0.15) is 0 Å². The summed E-state index contributed by atoms with van der Waals surface area (Å²) in [5, 5.41) is 3.31. The standard InChI is InChI=1S/C24H27N3O3/c1-5-13-30-20-12-11-17(14-21(20)29-6-2)23-22(16(4)28)15(3)25-24-26-18-9-7-8-10-19(18)27(23)24/h7-12,14,23H,5-6,13H2,1-4H3,(H,25,26). The van der Waals surface area contributed by atoms with E-state index < -0.39 is 0 Å². The lowest BCUT2D eigenvalue weighted by Crippen LogP contribution is -2.27. The molecule has 3 aromatic rings. The third kappa shape index (κ3) is 3.43. The number of nitrogens with zero attached hydrogens (tertiary/aromatic N) is 2. The maximum absolute atomic E-state index is 12.7. The highest BCUT2D eigenvalue weighted by atomic mass is 16.5. The lowest BCUT2D eigenvalue weighted by atomic mass is 9.92. The highest BCUT2D eigenvalue weighted by Gasteiger charge is 2.33. The smallest absolute Gasteiger partial charge is 0.209 e. The topological polar surface area (TPSA) is 65.4 Å². The molecule has 0 aliphatic carbocycles. The molecule has 156 valence electrons. The van der Waals surface area contributed by atoms with Gasteiger partial charge in [-0.05, 0) is 57.0 Å². The van der Waals surface area contributed by atoms with Gasteiger partial charge in [0.25, 0.3) is 0 Å². The van der Waals surface area contributed by atoms with Crippen molar-refractivity contribution in [2.75, 3.05) is 18.5 Å². The Kier molecular flexibility index (Phi) is 5.48. The summed E-state index contributed by atoms with van der Waals surface area (Å²) in [5.41, 5.74) is 4.35. The summed E-state index contributed by atoms with van der Waals surface area (Å²) in [6.45, 7) is 8.72. The van der Waals surface area contributed by atoms with E-state index in [4.69, 9.17) is 14.5 Å². The summed E-state index contributed by atoms with van der Waals surface area (Å²) < 4.78 is 13.8. The summed E-state index contributed by atoms with van der Waals surface area (Å²) in [7, 11) is 0. The predicted octanol–water partition coefficient (Wildman–Crippen LogP) is 5.10. The van der Waals surface area contributed by atoms with Crippen molar-refractivity contribution in [2.45, 2.75) is 40.2 Å². The van der Waals surface area contributed by atoms with Gasteiger partial charge in [-0.1, -0.05) is 25.1 Å². The number of carbonyl (C=O) groups excluding carboxylic acids is 1. The van der Waals surface area contributed by atoms with Gasteiger partial charge < -0.3 is 14.8 Å². The number of aromatic nitrogens is 2. The van der Waals surface area contributed by atoms with Gasteiger partial charge >= 0.3 is 0 Å². The Morgan fingerprint density at radius 2 is 1.93 bits per heavy atom. The lowest BCUT2D eigenvalue weighted by Gasteiger charge is -2.30. The zero-order valence-electron chi connectivity index (χ0n) is 17.9. The van der Waals surface area contributed by atoms with Gasteiger partial charge in [0.05, 0.1) is 30.3 Å². The summed E-state index contributed by atoms with van der Waals surface area (Å²) in [5.74, 6) is 2.16. The number of imidazole rings is 1. The number of nitrogens with one attached hydrogen (secondary N) is 1. The van der Waals surface area contributed by atoms with E-state index in [-0.39, 0.29) is 11.8 Å². The van der Waals surface area contributed by atoms with E-state index in [1.807, 2.05) is 56.3 Å². The normalized spacial score (nSPS) is 15.7. The molecule has 2 heterocycles. The van der Waals surface area contributed by atoms with Crippen LogP contribution in [-0.4, -0.2) is 28.5 Å². The van der Waals surface area contributed by atoms with Crippen molar-refractivity contribution in [2.24, 2.45) is 0 Å². The van der Waals surface area contributed by atoms with Crippen molar-refractivity contribution in [3.63, 3.8) is 0 Å². The van der Waals surface area contributed by atoms with E-state index in [9.17, 15) is 4.79 Å². The maximum atomic E-state index is 12.7. The molecular weight excluding hydrogens is 378 g/mol. The molecule has 0 fully saturated rings. The van der Waals surface area contributed by atoms with Crippen molar-refractivity contribution < 1.29 is 14.3 Å². The molecule has 1 atom stereocenters. The molecule has 1 aromatic heterocycles. The Hall–Kier alpha value is -3.28. The highest BCUT2D eigenvalue weighted by Crippen LogP contribution is 2.41. The minimum absolute atomic E-state index is 0.0256. The van der Waals surface area contributed by atoms with Crippen LogP contribution in [-0.2, 0) is 4.79 Å². The summed E-state index contributed by atoms with van der Waals surface area (Å²) >= 11 is 0. The first-order chi connectivity index (χ1) is 14.5. The Bertz CT molecular complexity index is 1130. The van der Waals surface area contributed by atoms with Crippen LogP contribution in [0, 0.1) is 0 Å². The van der Waals surface area contributed by atoms with Crippen molar-refractivity contribution in [3.8, 4) is 11.5 Å². The second kappa shape index (κ2) is 8.22. The number of ketones is 1. The molecule has 0 bridgehead atoms. The number of anilines is 1. The van der Waals surface area contributed by atoms with Crippen LogP contribution >= 0.6 is 0 Å². The summed E-state index contributed by atoms with van der Waals surface area (Å²) in [4.78, 5) is 17.4. The Balaban J connectivity index is 1.91. The number of carbonyl (C=O) groups is 1. The van der Waals surface area contributed by atoms with Crippen LogP contribution in [0.25, 0.3) is 11.0 Å². The van der Waals surface area contributed by atoms with Crippen LogP contribution in [0.15, 0.2) is 53.7 Å². The lowest BCUT2D eigenvalue weighted by molar-refractivity contribution is -0.114. The van der Waals surface area contributed by atoms with Crippen molar-refractivity contribution >= 4 is 22.8 Å². The fraction of sp³-hybridized carbons (Fsp3) is 0.333. The molecule has 1 aliphatic rings. The third-order valence-electron chi connectivity index (χ3n) is 5.26. The molecule has 0 amide bonds. The van der Waals surface area contributed by atoms with Gasteiger partial charge in [0.15, 0.2) is 17.3 Å². The van der Waals surface area contributed by atoms with E-state index in [0.717, 1.165) is 46.0 Å². The van der Waals surface area contributed by atoms with Gasteiger partial charge in [-0.25, -0.2) is 4.98 Å².